The molecular weight excluding hydrogens is 352 g/mol. The zero-order valence-corrected chi connectivity index (χ0v) is 15.2. The molecule has 0 aromatic rings. The van der Waals surface area contributed by atoms with Gasteiger partial charge in [-0.2, -0.15) is 0 Å². The Morgan fingerprint density at radius 2 is 1.78 bits per heavy atom. The van der Waals surface area contributed by atoms with Crippen molar-refractivity contribution in [3.05, 3.63) is 12.2 Å². The second-order valence-electron chi connectivity index (χ2n) is 9.33. The van der Waals surface area contributed by atoms with Crippen molar-refractivity contribution in [1.82, 2.24) is 0 Å². The van der Waals surface area contributed by atoms with E-state index in [1.807, 2.05) is 0 Å². The van der Waals surface area contributed by atoms with Crippen LogP contribution >= 0.6 is 0 Å². The van der Waals surface area contributed by atoms with Gasteiger partial charge in [0.2, 0.25) is 0 Å². The topological polar surface area (TPSA) is 141 Å². The van der Waals surface area contributed by atoms with Crippen molar-refractivity contribution in [2.75, 3.05) is 0 Å². The predicted octanol–water partition coefficient (Wildman–Crippen LogP) is -2.01. The molecule has 4 fully saturated rings. The molecule has 148 valence electrons. The van der Waals surface area contributed by atoms with Gasteiger partial charge in [-0.3, -0.25) is 0 Å². The summed E-state index contributed by atoms with van der Waals surface area (Å²) >= 11 is 0. The van der Waals surface area contributed by atoms with Gasteiger partial charge in [0.25, 0.3) is 0 Å². The minimum absolute atomic E-state index is 0.00260. The zero-order chi connectivity index (χ0) is 19.9. The fourth-order valence-corrected chi connectivity index (χ4v) is 7.64. The van der Waals surface area contributed by atoms with E-state index < -0.39 is 58.0 Å². The molecule has 1 N–H and O–H groups in total. The number of carbonyl (C=O) groups excluding carboxylic acids is 3. The summed E-state index contributed by atoms with van der Waals surface area (Å²) in [5, 5.41) is 47.5. The Labute approximate surface area is 157 Å². The minimum atomic E-state index is -2.01. The van der Waals surface area contributed by atoms with Gasteiger partial charge in [-0.15, -0.1) is 0 Å². The van der Waals surface area contributed by atoms with Crippen LogP contribution in [-0.2, 0) is 14.4 Å². The Morgan fingerprint density at radius 3 is 2.33 bits per heavy atom. The van der Waals surface area contributed by atoms with Crippen LogP contribution in [0.15, 0.2) is 12.2 Å². The first-order valence-corrected chi connectivity index (χ1v) is 9.53. The Kier molecular flexibility index (Phi) is 3.65. The van der Waals surface area contributed by atoms with E-state index in [1.54, 1.807) is 0 Å². The predicted molar refractivity (Wildman–Crippen MR) is 84.8 cm³/mol. The molecule has 0 heterocycles. The summed E-state index contributed by atoms with van der Waals surface area (Å²) in [6, 6.07) is 0. The molecule has 0 aromatic heterocycles. The van der Waals surface area contributed by atoms with Crippen molar-refractivity contribution in [3.63, 3.8) is 0 Å². The van der Waals surface area contributed by atoms with E-state index >= 15 is 0 Å². The fraction of sp³-hybridized carbons (Fsp3) is 0.750. The highest BCUT2D eigenvalue weighted by atomic mass is 16.4. The van der Waals surface area contributed by atoms with Gasteiger partial charge in [0.1, 0.15) is 0 Å². The van der Waals surface area contributed by atoms with Crippen molar-refractivity contribution in [1.29, 1.82) is 0 Å². The van der Waals surface area contributed by atoms with Gasteiger partial charge < -0.3 is 34.8 Å². The number of hydrogen-bond donors (Lipinski definition) is 1. The largest absolute Gasteiger partial charge is 0.550 e. The van der Waals surface area contributed by atoms with Crippen molar-refractivity contribution >= 4 is 17.9 Å². The van der Waals surface area contributed by atoms with Crippen LogP contribution in [0.1, 0.15) is 45.4 Å². The van der Waals surface area contributed by atoms with Crippen molar-refractivity contribution in [2.24, 2.45) is 39.9 Å². The van der Waals surface area contributed by atoms with Crippen LogP contribution in [0.25, 0.3) is 0 Å². The number of fused-ring (bicyclic) bond motifs is 3. The number of carbonyl (C=O) groups is 3. The lowest BCUT2D eigenvalue weighted by Gasteiger charge is -2.56. The van der Waals surface area contributed by atoms with E-state index in [2.05, 4.69) is 6.58 Å². The molecule has 0 aliphatic heterocycles. The Bertz CT molecular complexity index is 759. The quantitative estimate of drug-likeness (QED) is 0.562. The van der Waals surface area contributed by atoms with Gasteiger partial charge in [0.05, 0.1) is 12.1 Å². The Balaban J connectivity index is 2.02. The molecule has 2 bridgehead atoms. The second-order valence-corrected chi connectivity index (χ2v) is 9.33. The Hall–Kier alpha value is -1.89. The van der Waals surface area contributed by atoms with Crippen LogP contribution in [0.2, 0.25) is 0 Å². The van der Waals surface area contributed by atoms with E-state index in [-0.39, 0.29) is 18.8 Å². The lowest BCUT2D eigenvalue weighted by Crippen LogP contribution is -2.65. The number of rotatable bonds is 3. The van der Waals surface area contributed by atoms with Crippen molar-refractivity contribution in [2.45, 2.75) is 51.6 Å². The summed E-state index contributed by atoms with van der Waals surface area (Å²) in [5.41, 5.74) is -3.65. The van der Waals surface area contributed by atoms with Gasteiger partial charge in [-0.25, -0.2) is 0 Å². The average molecular weight is 375 g/mol. The summed E-state index contributed by atoms with van der Waals surface area (Å²) in [4.78, 5) is 37.0. The average Bonchev–Trinajstić information content (AvgIpc) is 2.99. The number of carboxylic acids is 3. The molecular formula is C20H23O7-3. The summed E-state index contributed by atoms with van der Waals surface area (Å²) in [6.45, 7) is 5.28. The molecule has 1 spiro atoms. The zero-order valence-electron chi connectivity index (χ0n) is 15.2. The minimum Gasteiger partial charge on any atom is -0.550 e. The van der Waals surface area contributed by atoms with Crippen molar-refractivity contribution in [3.8, 4) is 0 Å². The molecule has 4 rings (SSSR count). The highest BCUT2D eigenvalue weighted by Crippen LogP contribution is 2.77. The third-order valence-corrected chi connectivity index (χ3v) is 8.63. The maximum atomic E-state index is 12.5. The summed E-state index contributed by atoms with van der Waals surface area (Å²) in [6.07, 6.45) is 0.572. The molecule has 0 saturated heterocycles. The van der Waals surface area contributed by atoms with Crippen LogP contribution < -0.4 is 15.3 Å². The standard InChI is InChI=1S/C20H26O7/c1-9-7-19-8-10(9)3-4-11(19)20(17(26)27)6-5-12(21)18(2,16(24)25)14(20)13(19)15(22)23/h10-14,21H,1,3-8H2,2H3,(H,22,23)(H,24,25)(H,26,27)/p-3/t10-,11-,12+,13-,14-,18-,19+,20-/m1/s1. The van der Waals surface area contributed by atoms with Crippen molar-refractivity contribution < 1.29 is 34.8 Å². The number of carboxylic acid groups (broad SMARTS) is 3. The molecule has 4 aliphatic carbocycles. The number of hydrogen-bond acceptors (Lipinski definition) is 7. The first kappa shape index (κ1) is 18.5. The first-order chi connectivity index (χ1) is 12.5. The molecule has 8 atom stereocenters. The number of allylic oxidation sites excluding steroid dienone is 1. The van der Waals surface area contributed by atoms with Gasteiger partial charge in [0.15, 0.2) is 0 Å². The van der Waals surface area contributed by atoms with Gasteiger partial charge in [-0.05, 0) is 61.7 Å². The number of aliphatic hydroxyl groups is 1. The van der Waals surface area contributed by atoms with E-state index in [4.69, 9.17) is 0 Å². The monoisotopic (exact) mass is 375 g/mol. The van der Waals surface area contributed by atoms with E-state index in [9.17, 15) is 34.8 Å². The van der Waals surface area contributed by atoms with Crippen LogP contribution in [-0.4, -0.2) is 29.1 Å². The van der Waals surface area contributed by atoms with Crippen LogP contribution in [0.4, 0.5) is 0 Å². The number of aliphatic carboxylic acids is 3. The van der Waals surface area contributed by atoms with Crippen LogP contribution in [0.5, 0.6) is 0 Å². The number of aliphatic hydroxyl groups excluding tert-OH is 1. The summed E-state index contributed by atoms with van der Waals surface area (Å²) < 4.78 is 0. The second kappa shape index (κ2) is 5.34. The van der Waals surface area contributed by atoms with E-state index in [0.717, 1.165) is 5.57 Å². The lowest BCUT2D eigenvalue weighted by atomic mass is 9.51. The molecule has 27 heavy (non-hydrogen) atoms. The summed E-state index contributed by atoms with van der Waals surface area (Å²) in [5.74, 6) is -7.57. The smallest absolute Gasteiger partial charge is 0.0649 e. The normalized spacial score (nSPS) is 50.7. The molecule has 4 aliphatic rings. The van der Waals surface area contributed by atoms with E-state index in [0.29, 0.717) is 25.7 Å². The third kappa shape index (κ3) is 1.88. The maximum absolute atomic E-state index is 12.5. The highest BCUT2D eigenvalue weighted by molar-refractivity contribution is 5.84. The maximum Gasteiger partial charge on any atom is 0.0649 e. The first-order valence-electron chi connectivity index (χ1n) is 9.53. The molecule has 0 amide bonds. The fourth-order valence-electron chi connectivity index (χ4n) is 7.64. The molecule has 4 saturated carbocycles. The van der Waals surface area contributed by atoms with Gasteiger partial charge in [0, 0.05) is 28.7 Å². The van der Waals surface area contributed by atoms with Gasteiger partial charge >= 0.3 is 0 Å². The lowest BCUT2D eigenvalue weighted by molar-refractivity contribution is -0.346. The highest BCUT2D eigenvalue weighted by Gasteiger charge is 2.75. The van der Waals surface area contributed by atoms with Crippen LogP contribution in [0.3, 0.4) is 0 Å². The molecule has 0 unspecified atom stereocenters. The summed E-state index contributed by atoms with van der Waals surface area (Å²) in [7, 11) is 0. The molecule has 7 heteroatoms. The third-order valence-electron chi connectivity index (χ3n) is 8.63. The molecule has 0 aromatic carbocycles. The SMILES string of the molecule is C=C1C[C@]23C[C@H]1CC[C@H]2[C@]1(C(=O)[O-])CC[C@H](O)[C@@](C)(C(=O)[O-])[C@H]1[C@@H]3C(=O)[O-]. The molecule has 7 nitrogen and oxygen atoms in total. The molecule has 0 radical (unpaired) electrons. The Morgan fingerprint density at radius 1 is 1.11 bits per heavy atom. The van der Waals surface area contributed by atoms with Gasteiger partial charge in [-0.1, -0.05) is 19.1 Å². The van der Waals surface area contributed by atoms with E-state index in [1.165, 1.54) is 6.92 Å². The van der Waals surface area contributed by atoms with Crippen LogP contribution in [0, 0.1) is 39.9 Å².